The Morgan fingerprint density at radius 3 is 2.04 bits per heavy atom. The van der Waals surface area contributed by atoms with Gasteiger partial charge in [-0.15, -0.1) is 0 Å². The highest BCUT2D eigenvalue weighted by molar-refractivity contribution is 5.84. The normalized spacial score (nSPS) is 11.7. The molecule has 2 atom stereocenters. The lowest BCUT2D eigenvalue weighted by Gasteiger charge is -2.12. The first-order chi connectivity index (χ1) is 10.8. The summed E-state index contributed by atoms with van der Waals surface area (Å²) >= 11 is 0. The second-order valence-corrected chi connectivity index (χ2v) is 4.32. The number of esters is 3. The van der Waals surface area contributed by atoms with Crippen molar-refractivity contribution in [3.8, 4) is 0 Å². The van der Waals surface area contributed by atoms with Gasteiger partial charge in [0.1, 0.15) is 19.3 Å². The molecule has 0 saturated heterocycles. The summed E-state index contributed by atoms with van der Waals surface area (Å²) < 4.78 is 17.9. The maximum absolute atomic E-state index is 11.5. The standard InChI is InChI=1S/C13H20O10.2CH4/c1-8(15)11(17)23-13(19)21-7-6-20-12(18)9(2)22-10(16)4-3-5-14;;/h8-9,14-15H,3-7H2,1-2H3;2*1H4. The van der Waals surface area contributed by atoms with Crippen LogP contribution < -0.4 is 0 Å². The molecule has 0 aromatic rings. The van der Waals surface area contributed by atoms with Gasteiger partial charge in [0.05, 0.1) is 0 Å². The van der Waals surface area contributed by atoms with Crippen molar-refractivity contribution >= 4 is 24.1 Å². The van der Waals surface area contributed by atoms with E-state index in [1.54, 1.807) is 0 Å². The lowest BCUT2D eigenvalue weighted by Crippen LogP contribution is -2.28. The van der Waals surface area contributed by atoms with E-state index in [1.165, 1.54) is 6.92 Å². The Labute approximate surface area is 147 Å². The lowest BCUT2D eigenvalue weighted by molar-refractivity contribution is -0.167. The highest BCUT2D eigenvalue weighted by Crippen LogP contribution is 2.00. The number of aliphatic hydroxyl groups excluding tert-OH is 2. The van der Waals surface area contributed by atoms with E-state index in [9.17, 15) is 19.2 Å². The Balaban J connectivity index is -0.00000242. The Morgan fingerprint density at radius 2 is 1.52 bits per heavy atom. The zero-order valence-corrected chi connectivity index (χ0v) is 12.9. The van der Waals surface area contributed by atoms with Crippen LogP contribution in [-0.4, -0.2) is 66.3 Å². The Hall–Kier alpha value is -2.20. The molecule has 2 N–H and O–H groups in total. The smallest absolute Gasteiger partial charge is 0.459 e. The quantitative estimate of drug-likeness (QED) is 0.256. The van der Waals surface area contributed by atoms with Crippen LogP contribution in [0.2, 0.25) is 0 Å². The molecule has 0 fully saturated rings. The topological polar surface area (TPSA) is 146 Å². The second-order valence-electron chi connectivity index (χ2n) is 4.32. The Morgan fingerprint density at radius 1 is 0.960 bits per heavy atom. The summed E-state index contributed by atoms with van der Waals surface area (Å²) in [6, 6.07) is 0. The molecule has 10 heteroatoms. The van der Waals surface area contributed by atoms with Crippen molar-refractivity contribution in [1.29, 1.82) is 0 Å². The molecule has 0 heterocycles. The lowest BCUT2D eigenvalue weighted by atomic mass is 10.3. The fourth-order valence-corrected chi connectivity index (χ4v) is 1.11. The van der Waals surface area contributed by atoms with E-state index in [0.717, 1.165) is 6.92 Å². The van der Waals surface area contributed by atoms with Gasteiger partial charge in [-0.2, -0.15) is 0 Å². The van der Waals surface area contributed by atoms with Crippen LogP contribution in [0.15, 0.2) is 0 Å². The Bertz CT molecular complexity index is 419. The average molecular weight is 368 g/mol. The van der Waals surface area contributed by atoms with Crippen LogP contribution in [0.1, 0.15) is 41.5 Å². The molecule has 25 heavy (non-hydrogen) atoms. The van der Waals surface area contributed by atoms with Gasteiger partial charge in [0.25, 0.3) is 0 Å². The van der Waals surface area contributed by atoms with Gasteiger partial charge < -0.3 is 29.2 Å². The van der Waals surface area contributed by atoms with Gasteiger partial charge in [0.15, 0.2) is 6.10 Å². The van der Waals surface area contributed by atoms with Gasteiger partial charge in [0, 0.05) is 13.0 Å². The average Bonchev–Trinajstić information content (AvgIpc) is 2.48. The monoisotopic (exact) mass is 368 g/mol. The van der Waals surface area contributed by atoms with E-state index in [2.05, 4.69) is 14.2 Å². The summed E-state index contributed by atoms with van der Waals surface area (Å²) in [5.74, 6) is -2.67. The van der Waals surface area contributed by atoms with Crippen LogP contribution in [0.25, 0.3) is 0 Å². The predicted octanol–water partition coefficient (Wildman–Crippen LogP) is 0.567. The largest absolute Gasteiger partial charge is 0.516 e. The Kier molecular flexibility index (Phi) is 17.0. The van der Waals surface area contributed by atoms with E-state index < -0.39 is 36.3 Å². The summed E-state index contributed by atoms with van der Waals surface area (Å²) in [7, 11) is 0. The third-order valence-corrected chi connectivity index (χ3v) is 2.25. The molecule has 0 rings (SSSR count). The van der Waals surface area contributed by atoms with Crippen molar-refractivity contribution < 1.29 is 48.3 Å². The van der Waals surface area contributed by atoms with Gasteiger partial charge in [-0.3, -0.25) is 4.79 Å². The van der Waals surface area contributed by atoms with E-state index in [-0.39, 0.29) is 47.5 Å². The first-order valence-electron chi connectivity index (χ1n) is 6.81. The van der Waals surface area contributed by atoms with Crippen molar-refractivity contribution in [2.75, 3.05) is 19.8 Å². The van der Waals surface area contributed by atoms with E-state index >= 15 is 0 Å². The molecule has 0 aliphatic heterocycles. The molecule has 148 valence electrons. The zero-order chi connectivity index (χ0) is 17.8. The van der Waals surface area contributed by atoms with Crippen LogP contribution >= 0.6 is 0 Å². The zero-order valence-electron chi connectivity index (χ0n) is 12.9. The minimum absolute atomic E-state index is 0. The molecule has 0 aliphatic rings. The van der Waals surface area contributed by atoms with Crippen LogP contribution in [0, 0.1) is 0 Å². The van der Waals surface area contributed by atoms with Crippen LogP contribution in [0.4, 0.5) is 4.79 Å². The number of hydrogen-bond acceptors (Lipinski definition) is 10. The van der Waals surface area contributed by atoms with Gasteiger partial charge >= 0.3 is 24.1 Å². The summed E-state index contributed by atoms with van der Waals surface area (Å²) in [6.45, 7) is 1.52. The molecule has 0 amide bonds. The highest BCUT2D eigenvalue weighted by atomic mass is 16.7. The molecule has 0 saturated carbocycles. The number of ether oxygens (including phenoxy) is 4. The number of hydrogen-bond donors (Lipinski definition) is 2. The molecule has 10 nitrogen and oxygen atoms in total. The second kappa shape index (κ2) is 15.3. The number of rotatable bonds is 9. The van der Waals surface area contributed by atoms with Gasteiger partial charge in [-0.1, -0.05) is 14.9 Å². The van der Waals surface area contributed by atoms with Crippen LogP contribution in [0.5, 0.6) is 0 Å². The van der Waals surface area contributed by atoms with Crippen molar-refractivity contribution in [1.82, 2.24) is 0 Å². The van der Waals surface area contributed by atoms with Crippen molar-refractivity contribution in [3.63, 3.8) is 0 Å². The molecule has 0 aliphatic carbocycles. The first kappa shape index (κ1) is 27.6. The van der Waals surface area contributed by atoms with Crippen LogP contribution in [-0.2, 0) is 33.3 Å². The minimum Gasteiger partial charge on any atom is -0.459 e. The number of carbonyl (C=O) groups is 4. The molecule has 0 radical (unpaired) electrons. The van der Waals surface area contributed by atoms with Gasteiger partial charge in [-0.25, -0.2) is 14.4 Å². The SMILES string of the molecule is C.C.CC(O)C(=O)OC(=O)OCCOC(=O)C(C)OC(=O)CCCO. The maximum atomic E-state index is 11.5. The van der Waals surface area contributed by atoms with Gasteiger partial charge in [-0.05, 0) is 20.3 Å². The summed E-state index contributed by atoms with van der Waals surface area (Å²) in [5.41, 5.74) is 0. The van der Waals surface area contributed by atoms with E-state index in [4.69, 9.17) is 14.9 Å². The third kappa shape index (κ3) is 13.9. The fourth-order valence-electron chi connectivity index (χ4n) is 1.11. The minimum atomic E-state index is -1.47. The molecule has 0 aromatic carbocycles. The number of carbonyl (C=O) groups excluding carboxylic acids is 4. The summed E-state index contributed by atoms with van der Waals surface area (Å²) in [6.07, 6.45) is -3.76. The van der Waals surface area contributed by atoms with Crippen molar-refractivity contribution in [3.05, 3.63) is 0 Å². The molecular formula is C15H28O10. The molecule has 0 aromatic heterocycles. The number of aliphatic hydroxyl groups is 2. The predicted molar refractivity (Wildman–Crippen MR) is 85.4 cm³/mol. The molecule has 2 unspecified atom stereocenters. The van der Waals surface area contributed by atoms with E-state index in [0.29, 0.717) is 0 Å². The summed E-state index contributed by atoms with van der Waals surface area (Å²) in [5, 5.41) is 17.3. The first-order valence-corrected chi connectivity index (χ1v) is 6.81. The highest BCUT2D eigenvalue weighted by Gasteiger charge is 2.20. The van der Waals surface area contributed by atoms with Gasteiger partial charge in [0.2, 0.25) is 0 Å². The van der Waals surface area contributed by atoms with E-state index in [1.807, 2.05) is 0 Å². The van der Waals surface area contributed by atoms with Crippen molar-refractivity contribution in [2.24, 2.45) is 0 Å². The molecular weight excluding hydrogens is 340 g/mol. The maximum Gasteiger partial charge on any atom is 0.516 e. The van der Waals surface area contributed by atoms with Crippen LogP contribution in [0.3, 0.4) is 0 Å². The third-order valence-electron chi connectivity index (χ3n) is 2.25. The fraction of sp³-hybridized carbons (Fsp3) is 0.733. The van der Waals surface area contributed by atoms with Crippen molar-refractivity contribution in [2.45, 2.75) is 53.8 Å². The molecule has 0 bridgehead atoms. The summed E-state index contributed by atoms with van der Waals surface area (Å²) in [4.78, 5) is 44.5. The molecule has 0 spiro atoms.